The van der Waals surface area contributed by atoms with Crippen LogP contribution in [0.4, 0.5) is 0 Å². The second kappa shape index (κ2) is 6.83. The molecule has 0 aromatic carbocycles. The van der Waals surface area contributed by atoms with Crippen LogP contribution in [0.2, 0.25) is 0 Å². The third kappa shape index (κ3) is 3.25. The molecule has 6 heteroatoms. The van der Waals surface area contributed by atoms with Gasteiger partial charge in [-0.15, -0.1) is 11.3 Å². The number of pyridine rings is 1. The summed E-state index contributed by atoms with van der Waals surface area (Å²) in [5, 5.41) is 7.52. The summed E-state index contributed by atoms with van der Waals surface area (Å²) in [5.74, 6) is 0.570. The summed E-state index contributed by atoms with van der Waals surface area (Å²) in [5.41, 5.74) is 4.41. The summed E-state index contributed by atoms with van der Waals surface area (Å²) in [4.78, 5) is 11.4. The Hall–Kier alpha value is -2.05. The van der Waals surface area contributed by atoms with Gasteiger partial charge >= 0.3 is 0 Å². The molecule has 1 aliphatic rings. The predicted octanol–water partition coefficient (Wildman–Crippen LogP) is 3.88. The van der Waals surface area contributed by atoms with Gasteiger partial charge in [-0.3, -0.25) is 9.88 Å². The summed E-state index contributed by atoms with van der Waals surface area (Å²) < 4.78 is 5.03. The number of likely N-dealkylation sites (tertiary alicyclic amines) is 1. The van der Waals surface area contributed by atoms with Crippen molar-refractivity contribution in [1.82, 2.24) is 20.0 Å². The number of aryl methyl sites for hydroxylation is 1. The zero-order valence-electron chi connectivity index (χ0n) is 13.7. The molecule has 1 fully saturated rings. The van der Waals surface area contributed by atoms with Gasteiger partial charge in [0.05, 0.1) is 10.7 Å². The maximum absolute atomic E-state index is 5.03. The number of hydrogen-bond donors (Lipinski definition) is 0. The third-order valence-corrected chi connectivity index (χ3v) is 5.66. The molecule has 1 saturated heterocycles. The van der Waals surface area contributed by atoms with Gasteiger partial charge in [0.15, 0.2) is 0 Å². The molecular formula is C18H20N4OS. The highest BCUT2D eigenvalue weighted by Crippen LogP contribution is 2.33. The van der Waals surface area contributed by atoms with Crippen LogP contribution in [0.1, 0.15) is 35.0 Å². The number of rotatable bonds is 4. The van der Waals surface area contributed by atoms with Crippen LogP contribution in [0.15, 0.2) is 40.7 Å². The molecule has 5 nitrogen and oxygen atoms in total. The van der Waals surface area contributed by atoms with E-state index in [0.29, 0.717) is 5.92 Å². The van der Waals surface area contributed by atoms with Crippen molar-refractivity contribution in [2.75, 3.05) is 13.1 Å². The lowest BCUT2D eigenvalue weighted by Gasteiger charge is -2.30. The van der Waals surface area contributed by atoms with Crippen LogP contribution in [0, 0.1) is 6.92 Å². The van der Waals surface area contributed by atoms with Crippen molar-refractivity contribution in [2.45, 2.75) is 32.2 Å². The number of aromatic nitrogens is 3. The van der Waals surface area contributed by atoms with Crippen molar-refractivity contribution in [3.8, 4) is 11.3 Å². The summed E-state index contributed by atoms with van der Waals surface area (Å²) in [6, 6.07) is 4.03. The quantitative estimate of drug-likeness (QED) is 0.721. The summed E-state index contributed by atoms with van der Waals surface area (Å²) in [7, 11) is 0. The van der Waals surface area contributed by atoms with Crippen LogP contribution in [0.5, 0.6) is 0 Å². The molecule has 1 aliphatic heterocycles. The topological polar surface area (TPSA) is 55.1 Å². The van der Waals surface area contributed by atoms with Gasteiger partial charge in [0.1, 0.15) is 12.0 Å². The van der Waals surface area contributed by atoms with Crippen molar-refractivity contribution in [2.24, 2.45) is 0 Å². The van der Waals surface area contributed by atoms with E-state index in [0.717, 1.165) is 55.0 Å². The van der Waals surface area contributed by atoms with Gasteiger partial charge in [-0.05, 0) is 45.0 Å². The van der Waals surface area contributed by atoms with E-state index in [4.69, 9.17) is 9.51 Å². The van der Waals surface area contributed by atoms with Crippen molar-refractivity contribution in [1.29, 1.82) is 0 Å². The van der Waals surface area contributed by atoms with Gasteiger partial charge in [-0.2, -0.15) is 0 Å². The van der Waals surface area contributed by atoms with Gasteiger partial charge in [0.25, 0.3) is 0 Å². The Morgan fingerprint density at radius 3 is 2.75 bits per heavy atom. The summed E-state index contributed by atoms with van der Waals surface area (Å²) >= 11 is 1.78. The Labute approximate surface area is 145 Å². The summed E-state index contributed by atoms with van der Waals surface area (Å²) in [6.07, 6.45) is 7.66. The first-order valence-electron chi connectivity index (χ1n) is 8.27. The predicted molar refractivity (Wildman–Crippen MR) is 93.8 cm³/mol. The Kier molecular flexibility index (Phi) is 4.40. The Bertz CT molecular complexity index is 790. The van der Waals surface area contributed by atoms with Gasteiger partial charge < -0.3 is 4.52 Å². The molecule has 0 radical (unpaired) electrons. The molecular weight excluding hydrogens is 320 g/mol. The van der Waals surface area contributed by atoms with Gasteiger partial charge in [0.2, 0.25) is 0 Å². The number of hydrogen-bond acceptors (Lipinski definition) is 6. The number of nitrogens with zero attached hydrogens (tertiary/aromatic N) is 4. The molecule has 0 spiro atoms. The fourth-order valence-corrected chi connectivity index (χ4v) is 4.14. The Morgan fingerprint density at radius 2 is 2.04 bits per heavy atom. The number of piperidine rings is 1. The second-order valence-corrected chi connectivity index (χ2v) is 7.19. The first kappa shape index (κ1) is 15.5. The lowest BCUT2D eigenvalue weighted by atomic mass is 9.97. The van der Waals surface area contributed by atoms with E-state index in [1.807, 2.05) is 24.5 Å². The maximum atomic E-state index is 5.03. The smallest absolute Gasteiger partial charge is 0.127 e. The van der Waals surface area contributed by atoms with E-state index in [1.165, 1.54) is 5.01 Å². The minimum Gasteiger partial charge on any atom is -0.364 e. The highest BCUT2D eigenvalue weighted by molar-refractivity contribution is 7.10. The van der Waals surface area contributed by atoms with E-state index >= 15 is 0 Å². The molecule has 124 valence electrons. The van der Waals surface area contributed by atoms with Crippen molar-refractivity contribution in [3.63, 3.8) is 0 Å². The standard InChI is InChI=1S/C18H20N4OS/c1-13-11-23-21-16(13)10-22-8-4-15(5-9-22)18-20-17(12-24-18)14-2-6-19-7-3-14/h2-3,6-7,11-12,15H,4-5,8-10H2,1H3. The first-order chi connectivity index (χ1) is 11.8. The highest BCUT2D eigenvalue weighted by Gasteiger charge is 2.24. The van der Waals surface area contributed by atoms with E-state index in [1.54, 1.807) is 17.6 Å². The third-order valence-electron chi connectivity index (χ3n) is 4.66. The largest absolute Gasteiger partial charge is 0.364 e. The molecule has 0 unspecified atom stereocenters. The van der Waals surface area contributed by atoms with Crippen LogP contribution in [-0.4, -0.2) is 33.1 Å². The van der Waals surface area contributed by atoms with Crippen molar-refractivity contribution >= 4 is 11.3 Å². The SMILES string of the molecule is Cc1conc1CN1CCC(c2nc(-c3ccncc3)cs2)CC1. The van der Waals surface area contributed by atoms with Gasteiger partial charge in [0, 0.05) is 41.4 Å². The maximum Gasteiger partial charge on any atom is 0.127 e. The molecule has 0 saturated carbocycles. The normalized spacial score (nSPS) is 16.5. The zero-order chi connectivity index (χ0) is 16.4. The fourth-order valence-electron chi connectivity index (χ4n) is 3.14. The molecule has 3 aromatic heterocycles. The second-order valence-electron chi connectivity index (χ2n) is 6.30. The monoisotopic (exact) mass is 340 g/mol. The summed E-state index contributed by atoms with van der Waals surface area (Å²) in [6.45, 7) is 5.10. The average Bonchev–Trinajstić information content (AvgIpc) is 3.26. The molecule has 4 rings (SSSR count). The van der Waals surface area contributed by atoms with Crippen LogP contribution in [0.3, 0.4) is 0 Å². The lowest BCUT2D eigenvalue weighted by Crippen LogP contribution is -2.32. The Morgan fingerprint density at radius 1 is 1.25 bits per heavy atom. The molecule has 24 heavy (non-hydrogen) atoms. The Balaban J connectivity index is 1.38. The molecule has 0 aliphatic carbocycles. The van der Waals surface area contributed by atoms with Crippen LogP contribution in [0.25, 0.3) is 11.3 Å². The van der Waals surface area contributed by atoms with E-state index in [9.17, 15) is 0 Å². The molecule has 0 amide bonds. The van der Waals surface area contributed by atoms with Crippen LogP contribution in [-0.2, 0) is 6.54 Å². The van der Waals surface area contributed by atoms with Gasteiger partial charge in [-0.1, -0.05) is 5.16 Å². The average molecular weight is 340 g/mol. The zero-order valence-corrected chi connectivity index (χ0v) is 14.5. The first-order valence-corrected chi connectivity index (χ1v) is 9.15. The van der Waals surface area contributed by atoms with Crippen LogP contribution >= 0.6 is 11.3 Å². The lowest BCUT2D eigenvalue weighted by molar-refractivity contribution is 0.199. The van der Waals surface area contributed by atoms with E-state index < -0.39 is 0 Å². The molecule has 0 bridgehead atoms. The van der Waals surface area contributed by atoms with Gasteiger partial charge in [-0.25, -0.2) is 4.98 Å². The highest BCUT2D eigenvalue weighted by atomic mass is 32.1. The molecule has 3 aromatic rings. The molecule has 0 atom stereocenters. The minimum atomic E-state index is 0.570. The molecule has 0 N–H and O–H groups in total. The van der Waals surface area contributed by atoms with E-state index in [2.05, 4.69) is 27.3 Å². The van der Waals surface area contributed by atoms with Crippen LogP contribution < -0.4 is 0 Å². The fraction of sp³-hybridized carbons (Fsp3) is 0.389. The minimum absolute atomic E-state index is 0.570. The molecule has 4 heterocycles. The van der Waals surface area contributed by atoms with Crippen molar-refractivity contribution in [3.05, 3.63) is 52.4 Å². The van der Waals surface area contributed by atoms with Crippen molar-refractivity contribution < 1.29 is 4.52 Å². The van der Waals surface area contributed by atoms with E-state index in [-0.39, 0.29) is 0 Å². The number of thiazole rings is 1.